The third-order valence-electron chi connectivity index (χ3n) is 4.66. The Morgan fingerprint density at radius 1 is 1.39 bits per heavy atom. The van der Waals surface area contributed by atoms with E-state index in [0.717, 1.165) is 19.5 Å². The highest BCUT2D eigenvalue weighted by Gasteiger charge is 2.36. The lowest BCUT2D eigenvalue weighted by Crippen LogP contribution is -2.42. The van der Waals surface area contributed by atoms with E-state index in [1.165, 1.54) is 0 Å². The molecular formula is C17H27N3O3. The highest BCUT2D eigenvalue weighted by atomic mass is 16.5. The zero-order chi connectivity index (χ0) is 17.0. The smallest absolute Gasteiger partial charge is 0.241 e. The molecule has 128 valence electrons. The molecule has 1 aromatic carbocycles. The molecule has 1 aliphatic heterocycles. The zero-order valence-corrected chi connectivity index (χ0v) is 14.4. The number of likely N-dealkylation sites (tertiary alicyclic amines) is 1. The van der Waals surface area contributed by atoms with Gasteiger partial charge in [0, 0.05) is 18.3 Å². The number of benzene rings is 1. The van der Waals surface area contributed by atoms with Crippen molar-refractivity contribution in [3.05, 3.63) is 18.2 Å². The van der Waals surface area contributed by atoms with Gasteiger partial charge in [0.1, 0.15) is 0 Å². The summed E-state index contributed by atoms with van der Waals surface area (Å²) in [4.78, 5) is 14.7. The molecule has 0 bridgehead atoms. The van der Waals surface area contributed by atoms with E-state index in [2.05, 4.69) is 17.1 Å². The number of hydrogen-bond acceptors (Lipinski definition) is 5. The summed E-state index contributed by atoms with van der Waals surface area (Å²) in [5.41, 5.74) is 6.64. The molecule has 0 spiro atoms. The number of nitrogens with one attached hydrogen (secondary N) is 1. The van der Waals surface area contributed by atoms with Crippen molar-refractivity contribution in [2.45, 2.75) is 26.3 Å². The van der Waals surface area contributed by atoms with E-state index in [4.69, 9.17) is 15.2 Å². The summed E-state index contributed by atoms with van der Waals surface area (Å²) in [6.07, 6.45) is 1.03. The van der Waals surface area contributed by atoms with Crippen LogP contribution in [0.1, 0.15) is 20.3 Å². The van der Waals surface area contributed by atoms with Crippen LogP contribution in [-0.4, -0.2) is 50.7 Å². The van der Waals surface area contributed by atoms with Crippen molar-refractivity contribution in [1.29, 1.82) is 0 Å². The van der Waals surface area contributed by atoms with Crippen LogP contribution in [0.4, 0.5) is 5.69 Å². The maximum Gasteiger partial charge on any atom is 0.241 e. The SMILES string of the molecule is COc1ccc(NC(=O)C(C)N2CCC(C)(CN)C2)cc1OC. The Labute approximate surface area is 137 Å². The van der Waals surface area contributed by atoms with Gasteiger partial charge in [-0.05, 0) is 44.0 Å². The average Bonchev–Trinajstić information content (AvgIpc) is 2.97. The Balaban J connectivity index is 2.02. The molecule has 2 unspecified atom stereocenters. The van der Waals surface area contributed by atoms with Gasteiger partial charge in [0.2, 0.25) is 5.91 Å². The molecular weight excluding hydrogens is 294 g/mol. The number of hydrogen-bond donors (Lipinski definition) is 2. The van der Waals surface area contributed by atoms with Gasteiger partial charge in [-0.3, -0.25) is 9.69 Å². The van der Waals surface area contributed by atoms with E-state index >= 15 is 0 Å². The van der Waals surface area contributed by atoms with Crippen LogP contribution < -0.4 is 20.5 Å². The lowest BCUT2D eigenvalue weighted by Gasteiger charge is -2.26. The first-order chi connectivity index (χ1) is 10.9. The summed E-state index contributed by atoms with van der Waals surface area (Å²) in [6, 6.07) is 5.15. The number of carbonyl (C=O) groups excluding carboxylic acids is 1. The number of ether oxygens (including phenoxy) is 2. The van der Waals surface area contributed by atoms with Gasteiger partial charge < -0.3 is 20.5 Å². The molecule has 0 saturated carbocycles. The van der Waals surface area contributed by atoms with Crippen molar-refractivity contribution in [2.24, 2.45) is 11.1 Å². The topological polar surface area (TPSA) is 76.8 Å². The molecule has 1 saturated heterocycles. The molecule has 1 aromatic rings. The Morgan fingerprint density at radius 2 is 2.09 bits per heavy atom. The lowest BCUT2D eigenvalue weighted by atomic mass is 9.90. The minimum absolute atomic E-state index is 0.0292. The number of amides is 1. The summed E-state index contributed by atoms with van der Waals surface area (Å²) >= 11 is 0. The third-order valence-corrected chi connectivity index (χ3v) is 4.66. The number of anilines is 1. The minimum Gasteiger partial charge on any atom is -0.493 e. The summed E-state index contributed by atoms with van der Waals surface area (Å²) in [5.74, 6) is 1.20. The fourth-order valence-corrected chi connectivity index (χ4v) is 2.89. The second-order valence-electron chi connectivity index (χ2n) is 6.47. The first kappa shape index (κ1) is 17.6. The standard InChI is InChI=1S/C17H27N3O3/c1-12(20-8-7-17(2,10-18)11-20)16(21)19-13-5-6-14(22-3)15(9-13)23-4/h5-6,9,12H,7-8,10-11,18H2,1-4H3,(H,19,21). The molecule has 6 nitrogen and oxygen atoms in total. The van der Waals surface area contributed by atoms with Crippen molar-refractivity contribution in [3.63, 3.8) is 0 Å². The van der Waals surface area contributed by atoms with Crippen molar-refractivity contribution in [1.82, 2.24) is 4.90 Å². The Kier molecular flexibility index (Phi) is 5.49. The maximum atomic E-state index is 12.5. The van der Waals surface area contributed by atoms with Gasteiger partial charge in [0.25, 0.3) is 0 Å². The largest absolute Gasteiger partial charge is 0.493 e. The molecule has 1 amide bonds. The predicted octanol–water partition coefficient (Wildman–Crippen LogP) is 1.70. The molecule has 0 radical (unpaired) electrons. The maximum absolute atomic E-state index is 12.5. The number of nitrogens with zero attached hydrogens (tertiary/aromatic N) is 1. The molecule has 23 heavy (non-hydrogen) atoms. The van der Waals surface area contributed by atoms with Crippen molar-refractivity contribution in [2.75, 3.05) is 39.2 Å². The van der Waals surface area contributed by atoms with E-state index in [9.17, 15) is 4.79 Å². The Bertz CT molecular complexity index is 564. The number of carbonyl (C=O) groups is 1. The van der Waals surface area contributed by atoms with Gasteiger partial charge in [0.05, 0.1) is 20.3 Å². The monoisotopic (exact) mass is 321 g/mol. The number of methoxy groups -OCH3 is 2. The number of rotatable bonds is 6. The third kappa shape index (κ3) is 3.95. The minimum atomic E-state index is -0.198. The van der Waals surface area contributed by atoms with E-state index in [1.807, 2.05) is 6.92 Å². The van der Waals surface area contributed by atoms with Crippen LogP contribution in [0.2, 0.25) is 0 Å². The first-order valence-corrected chi connectivity index (χ1v) is 7.89. The highest BCUT2D eigenvalue weighted by Crippen LogP contribution is 2.31. The fraction of sp³-hybridized carbons (Fsp3) is 0.588. The van der Waals surface area contributed by atoms with Crippen LogP contribution in [0.15, 0.2) is 18.2 Å². The van der Waals surface area contributed by atoms with Crippen LogP contribution in [0.25, 0.3) is 0 Å². The highest BCUT2D eigenvalue weighted by molar-refractivity contribution is 5.94. The van der Waals surface area contributed by atoms with Gasteiger partial charge in [-0.2, -0.15) is 0 Å². The zero-order valence-electron chi connectivity index (χ0n) is 14.4. The normalized spacial score (nSPS) is 22.7. The van der Waals surface area contributed by atoms with Crippen molar-refractivity contribution in [3.8, 4) is 11.5 Å². The van der Waals surface area contributed by atoms with E-state index in [1.54, 1.807) is 32.4 Å². The quantitative estimate of drug-likeness (QED) is 0.834. The van der Waals surface area contributed by atoms with E-state index in [-0.39, 0.29) is 17.4 Å². The molecule has 6 heteroatoms. The Morgan fingerprint density at radius 3 is 2.65 bits per heavy atom. The molecule has 1 heterocycles. The van der Waals surface area contributed by atoms with Crippen LogP contribution in [0.5, 0.6) is 11.5 Å². The molecule has 2 atom stereocenters. The van der Waals surface area contributed by atoms with Gasteiger partial charge in [0.15, 0.2) is 11.5 Å². The molecule has 1 aliphatic rings. The second-order valence-corrected chi connectivity index (χ2v) is 6.47. The van der Waals surface area contributed by atoms with E-state index < -0.39 is 0 Å². The summed E-state index contributed by atoms with van der Waals surface area (Å²) < 4.78 is 10.5. The molecule has 3 N–H and O–H groups in total. The van der Waals surface area contributed by atoms with Crippen molar-refractivity contribution >= 4 is 11.6 Å². The molecule has 1 fully saturated rings. The van der Waals surface area contributed by atoms with Gasteiger partial charge in [-0.15, -0.1) is 0 Å². The summed E-state index contributed by atoms with van der Waals surface area (Å²) in [7, 11) is 3.16. The van der Waals surface area contributed by atoms with Crippen LogP contribution >= 0.6 is 0 Å². The lowest BCUT2D eigenvalue weighted by molar-refractivity contribution is -0.120. The molecule has 0 aromatic heterocycles. The van der Waals surface area contributed by atoms with E-state index in [0.29, 0.717) is 23.7 Å². The van der Waals surface area contributed by atoms with Crippen LogP contribution in [-0.2, 0) is 4.79 Å². The summed E-state index contributed by atoms with van der Waals surface area (Å²) in [5, 5.41) is 2.94. The molecule has 0 aliphatic carbocycles. The predicted molar refractivity (Wildman–Crippen MR) is 91.0 cm³/mol. The van der Waals surface area contributed by atoms with Gasteiger partial charge in [-0.25, -0.2) is 0 Å². The van der Waals surface area contributed by atoms with Crippen LogP contribution in [0, 0.1) is 5.41 Å². The summed E-state index contributed by atoms with van der Waals surface area (Å²) in [6.45, 7) is 6.50. The van der Waals surface area contributed by atoms with Gasteiger partial charge >= 0.3 is 0 Å². The Hall–Kier alpha value is -1.79. The first-order valence-electron chi connectivity index (χ1n) is 7.89. The van der Waals surface area contributed by atoms with Crippen LogP contribution in [0.3, 0.4) is 0 Å². The average molecular weight is 321 g/mol. The van der Waals surface area contributed by atoms with Gasteiger partial charge in [-0.1, -0.05) is 6.92 Å². The number of nitrogens with two attached hydrogens (primary N) is 1. The molecule has 2 rings (SSSR count). The second kappa shape index (κ2) is 7.19. The fourth-order valence-electron chi connectivity index (χ4n) is 2.89. The van der Waals surface area contributed by atoms with Crippen molar-refractivity contribution < 1.29 is 14.3 Å².